The normalized spacial score (nSPS) is 21.4. The molecule has 1 aromatic rings. The zero-order valence-electron chi connectivity index (χ0n) is 14.8. The number of rotatable bonds is 7. The van der Waals surface area contributed by atoms with Gasteiger partial charge in [0.15, 0.2) is 6.10 Å². The number of hydrogen-bond donors (Lipinski definition) is 1. The van der Waals surface area contributed by atoms with E-state index < -0.39 is 12.1 Å². The van der Waals surface area contributed by atoms with Crippen molar-refractivity contribution in [2.75, 3.05) is 5.75 Å². The summed E-state index contributed by atoms with van der Waals surface area (Å²) in [5, 5.41) is 3.00. The molecule has 0 radical (unpaired) electrons. The molecule has 1 fully saturated rings. The highest BCUT2D eigenvalue weighted by Crippen LogP contribution is 2.24. The summed E-state index contributed by atoms with van der Waals surface area (Å²) >= 11 is 1.45. The number of thioether (sulfide) groups is 1. The summed E-state index contributed by atoms with van der Waals surface area (Å²) in [4.78, 5) is 25.0. The Balaban J connectivity index is 1.68. The number of halogens is 1. The van der Waals surface area contributed by atoms with Crippen LogP contribution in [0.5, 0.6) is 0 Å². The lowest BCUT2D eigenvalue weighted by atomic mass is 9.86. The van der Waals surface area contributed by atoms with Gasteiger partial charge in [-0.2, -0.15) is 0 Å². The van der Waals surface area contributed by atoms with E-state index in [1.54, 1.807) is 19.1 Å². The summed E-state index contributed by atoms with van der Waals surface area (Å²) in [6.45, 7) is 3.75. The van der Waals surface area contributed by atoms with E-state index in [2.05, 4.69) is 12.2 Å². The fourth-order valence-corrected chi connectivity index (χ4v) is 3.76. The molecule has 1 aliphatic carbocycles. The quantitative estimate of drug-likeness (QED) is 0.586. The molecule has 0 spiro atoms. The lowest BCUT2D eigenvalue weighted by molar-refractivity contribution is -0.154. The number of hydrogen-bond acceptors (Lipinski definition) is 4. The summed E-state index contributed by atoms with van der Waals surface area (Å²) in [5.41, 5.74) is 0. The van der Waals surface area contributed by atoms with Crippen molar-refractivity contribution in [3.8, 4) is 0 Å². The maximum Gasteiger partial charge on any atom is 0.307 e. The van der Waals surface area contributed by atoms with Crippen LogP contribution >= 0.6 is 11.8 Å². The van der Waals surface area contributed by atoms with Crippen LogP contribution in [0.3, 0.4) is 0 Å². The van der Waals surface area contributed by atoms with Gasteiger partial charge in [-0.05, 0) is 49.9 Å². The van der Waals surface area contributed by atoms with Gasteiger partial charge in [-0.1, -0.05) is 19.8 Å². The number of ether oxygens (including phenoxy) is 1. The van der Waals surface area contributed by atoms with E-state index in [0.29, 0.717) is 11.7 Å². The average Bonchev–Trinajstić information content (AvgIpc) is 2.58. The third-order valence-corrected chi connectivity index (χ3v) is 5.52. The second-order valence-corrected chi connectivity index (χ2v) is 7.73. The first-order valence-electron chi connectivity index (χ1n) is 8.84. The topological polar surface area (TPSA) is 55.4 Å². The standard InChI is InChI=1S/C19H26FNO3S/c1-13-5-3-4-6-17(13)21-19(23)14(2)24-18(22)11-12-25-16-9-7-15(20)8-10-16/h7-10,13-14,17H,3-6,11-12H2,1-2H3,(H,21,23)/t13-,14-,17-/m1/s1. The Labute approximate surface area is 152 Å². The second-order valence-electron chi connectivity index (χ2n) is 6.56. The lowest BCUT2D eigenvalue weighted by Gasteiger charge is -2.30. The van der Waals surface area contributed by atoms with Crippen LogP contribution in [0.25, 0.3) is 0 Å². The van der Waals surface area contributed by atoms with E-state index >= 15 is 0 Å². The molecule has 25 heavy (non-hydrogen) atoms. The largest absolute Gasteiger partial charge is 0.453 e. The summed E-state index contributed by atoms with van der Waals surface area (Å²) in [6.07, 6.45) is 3.88. The van der Waals surface area contributed by atoms with E-state index in [-0.39, 0.29) is 24.2 Å². The highest BCUT2D eigenvalue weighted by Gasteiger charge is 2.26. The maximum atomic E-state index is 12.8. The first-order valence-corrected chi connectivity index (χ1v) is 9.82. The van der Waals surface area contributed by atoms with Crippen LogP contribution in [0.2, 0.25) is 0 Å². The van der Waals surface area contributed by atoms with Crippen LogP contribution in [-0.2, 0) is 14.3 Å². The van der Waals surface area contributed by atoms with E-state index in [1.807, 2.05) is 0 Å². The van der Waals surface area contributed by atoms with Crippen LogP contribution in [-0.4, -0.2) is 29.8 Å². The van der Waals surface area contributed by atoms with Crippen LogP contribution < -0.4 is 5.32 Å². The predicted molar refractivity (Wildman–Crippen MR) is 96.9 cm³/mol. The fourth-order valence-electron chi connectivity index (χ4n) is 2.92. The van der Waals surface area contributed by atoms with E-state index in [9.17, 15) is 14.0 Å². The van der Waals surface area contributed by atoms with Crippen molar-refractivity contribution in [3.05, 3.63) is 30.1 Å². The zero-order chi connectivity index (χ0) is 18.2. The first-order chi connectivity index (χ1) is 12.0. The van der Waals surface area contributed by atoms with E-state index in [4.69, 9.17) is 4.74 Å². The number of benzene rings is 1. The van der Waals surface area contributed by atoms with Crippen molar-refractivity contribution in [3.63, 3.8) is 0 Å². The molecule has 1 N–H and O–H groups in total. The molecule has 0 heterocycles. The Kier molecular flexibility index (Phi) is 7.75. The molecule has 0 aromatic heterocycles. The predicted octanol–water partition coefficient (Wildman–Crippen LogP) is 3.93. The molecule has 0 unspecified atom stereocenters. The van der Waals surface area contributed by atoms with Crippen molar-refractivity contribution >= 4 is 23.6 Å². The fraction of sp³-hybridized carbons (Fsp3) is 0.579. The summed E-state index contributed by atoms with van der Waals surface area (Å²) in [6, 6.07) is 6.30. The molecule has 2 rings (SSSR count). The molecule has 3 atom stereocenters. The van der Waals surface area contributed by atoms with Crippen LogP contribution in [0.1, 0.15) is 46.0 Å². The van der Waals surface area contributed by atoms with Crippen LogP contribution in [0.4, 0.5) is 4.39 Å². The Morgan fingerprint density at radius 3 is 2.64 bits per heavy atom. The van der Waals surface area contributed by atoms with Gasteiger partial charge in [0.05, 0.1) is 6.42 Å². The van der Waals surface area contributed by atoms with E-state index in [1.165, 1.54) is 30.3 Å². The number of carbonyl (C=O) groups is 2. The maximum absolute atomic E-state index is 12.8. The second kappa shape index (κ2) is 9.80. The van der Waals surface area contributed by atoms with Crippen LogP contribution in [0.15, 0.2) is 29.2 Å². The van der Waals surface area contributed by atoms with Gasteiger partial charge in [0, 0.05) is 16.7 Å². The van der Waals surface area contributed by atoms with Gasteiger partial charge in [-0.25, -0.2) is 4.39 Å². The van der Waals surface area contributed by atoms with Crippen molar-refractivity contribution in [2.24, 2.45) is 5.92 Å². The number of carbonyl (C=O) groups excluding carboxylic acids is 2. The highest BCUT2D eigenvalue weighted by molar-refractivity contribution is 7.99. The molecule has 1 amide bonds. The lowest BCUT2D eigenvalue weighted by Crippen LogP contribution is -2.46. The minimum Gasteiger partial charge on any atom is -0.453 e. The Hall–Kier alpha value is -1.56. The zero-order valence-corrected chi connectivity index (χ0v) is 15.6. The van der Waals surface area contributed by atoms with Crippen molar-refractivity contribution < 1.29 is 18.7 Å². The number of nitrogens with one attached hydrogen (secondary N) is 1. The minimum absolute atomic E-state index is 0.177. The van der Waals surface area contributed by atoms with Gasteiger partial charge in [0.25, 0.3) is 5.91 Å². The molecule has 6 heteroatoms. The molecular weight excluding hydrogens is 341 g/mol. The van der Waals surface area contributed by atoms with Gasteiger partial charge < -0.3 is 10.1 Å². The molecule has 1 aliphatic rings. The number of amides is 1. The van der Waals surface area contributed by atoms with Crippen molar-refractivity contribution in [1.82, 2.24) is 5.32 Å². The van der Waals surface area contributed by atoms with Gasteiger partial charge in [0.1, 0.15) is 5.82 Å². The Morgan fingerprint density at radius 1 is 1.28 bits per heavy atom. The third kappa shape index (κ3) is 6.69. The third-order valence-electron chi connectivity index (χ3n) is 4.51. The van der Waals surface area contributed by atoms with Gasteiger partial charge in [0.2, 0.25) is 0 Å². The highest BCUT2D eigenvalue weighted by atomic mass is 32.2. The molecule has 1 saturated carbocycles. The minimum atomic E-state index is -0.780. The summed E-state index contributed by atoms with van der Waals surface area (Å²) in [7, 11) is 0. The summed E-state index contributed by atoms with van der Waals surface area (Å²) < 4.78 is 18.0. The van der Waals surface area contributed by atoms with E-state index in [0.717, 1.165) is 24.2 Å². The SMILES string of the molecule is C[C@@H]1CCCC[C@H]1NC(=O)[C@@H](C)OC(=O)CCSc1ccc(F)cc1. The molecule has 0 aliphatic heterocycles. The smallest absolute Gasteiger partial charge is 0.307 e. The molecule has 4 nitrogen and oxygen atoms in total. The Morgan fingerprint density at radius 2 is 1.96 bits per heavy atom. The molecule has 0 saturated heterocycles. The van der Waals surface area contributed by atoms with Crippen LogP contribution in [0, 0.1) is 11.7 Å². The van der Waals surface area contributed by atoms with Gasteiger partial charge in [-0.3, -0.25) is 9.59 Å². The molecule has 0 bridgehead atoms. The van der Waals surface area contributed by atoms with Crippen molar-refractivity contribution in [2.45, 2.75) is 63.0 Å². The average molecular weight is 367 g/mol. The van der Waals surface area contributed by atoms with Crippen molar-refractivity contribution in [1.29, 1.82) is 0 Å². The molecule has 1 aromatic carbocycles. The Bertz CT molecular complexity index is 579. The monoisotopic (exact) mass is 367 g/mol. The van der Waals surface area contributed by atoms with Gasteiger partial charge in [-0.15, -0.1) is 11.8 Å². The number of esters is 1. The molecular formula is C19H26FNO3S. The first kappa shape index (κ1) is 19.8. The molecule has 138 valence electrons. The van der Waals surface area contributed by atoms with Gasteiger partial charge >= 0.3 is 5.97 Å². The summed E-state index contributed by atoms with van der Waals surface area (Å²) in [5.74, 6) is 0.0918.